The van der Waals surface area contributed by atoms with Crippen molar-refractivity contribution in [2.45, 2.75) is 12.2 Å². The predicted octanol–water partition coefficient (Wildman–Crippen LogP) is 12.2. The van der Waals surface area contributed by atoms with Gasteiger partial charge < -0.3 is 5.32 Å². The molecular formula is C46H32N2S. The van der Waals surface area contributed by atoms with E-state index in [4.69, 9.17) is 0 Å². The van der Waals surface area contributed by atoms with Crippen LogP contribution in [-0.2, 0) is 0 Å². The van der Waals surface area contributed by atoms with Gasteiger partial charge in [-0.2, -0.15) is 0 Å². The summed E-state index contributed by atoms with van der Waals surface area (Å²) in [5.41, 5.74) is 7.31. The molecule has 1 aromatic heterocycles. The van der Waals surface area contributed by atoms with Gasteiger partial charge in [0.2, 0.25) is 0 Å². The van der Waals surface area contributed by atoms with Crippen molar-refractivity contribution in [3.05, 3.63) is 187 Å². The molecule has 2 atom stereocenters. The van der Waals surface area contributed by atoms with Gasteiger partial charge in [0.25, 0.3) is 0 Å². The Morgan fingerprint density at radius 1 is 0.469 bits per heavy atom. The Morgan fingerprint density at radius 3 is 2.06 bits per heavy atom. The molecule has 0 saturated carbocycles. The average molecular weight is 645 g/mol. The molecule has 0 fully saturated rings. The lowest BCUT2D eigenvalue weighted by Crippen LogP contribution is -2.39. The topological polar surface area (TPSA) is 24.1 Å². The van der Waals surface area contributed by atoms with Crippen LogP contribution in [0.1, 0.15) is 28.9 Å². The van der Waals surface area contributed by atoms with Gasteiger partial charge in [-0.3, -0.25) is 5.32 Å². The maximum Gasteiger partial charge on any atom is 0.104 e. The number of benzene rings is 8. The van der Waals surface area contributed by atoms with Crippen molar-refractivity contribution >= 4 is 69.5 Å². The third-order valence-corrected chi connectivity index (χ3v) is 11.4. The van der Waals surface area contributed by atoms with Crippen molar-refractivity contribution in [3.63, 3.8) is 0 Å². The van der Waals surface area contributed by atoms with Crippen LogP contribution in [0.4, 0.5) is 0 Å². The van der Waals surface area contributed by atoms with Crippen LogP contribution in [0, 0.1) is 0 Å². The molecule has 0 saturated heterocycles. The Kier molecular flexibility index (Phi) is 6.61. The van der Waals surface area contributed by atoms with E-state index in [0.717, 1.165) is 5.70 Å². The highest BCUT2D eigenvalue weighted by Gasteiger charge is 2.26. The average Bonchev–Trinajstić information content (AvgIpc) is 3.56. The zero-order chi connectivity index (χ0) is 32.3. The third kappa shape index (κ3) is 4.82. The lowest BCUT2D eigenvalue weighted by atomic mass is 9.92. The Labute approximate surface area is 289 Å². The Bertz CT molecular complexity index is 2720. The van der Waals surface area contributed by atoms with Crippen molar-refractivity contribution < 1.29 is 0 Å². The predicted molar refractivity (Wildman–Crippen MR) is 210 cm³/mol. The summed E-state index contributed by atoms with van der Waals surface area (Å²) in [5.74, 6) is 0. The van der Waals surface area contributed by atoms with Crippen molar-refractivity contribution in [1.82, 2.24) is 10.6 Å². The second-order valence-electron chi connectivity index (χ2n) is 13.0. The van der Waals surface area contributed by atoms with E-state index >= 15 is 0 Å². The van der Waals surface area contributed by atoms with Gasteiger partial charge in [0.15, 0.2) is 0 Å². The van der Waals surface area contributed by atoms with Gasteiger partial charge in [0, 0.05) is 25.9 Å². The van der Waals surface area contributed by atoms with E-state index in [0.29, 0.717) is 0 Å². The smallest absolute Gasteiger partial charge is 0.104 e. The zero-order valence-corrected chi connectivity index (χ0v) is 27.5. The fourth-order valence-corrected chi connectivity index (χ4v) is 8.96. The first-order valence-electron chi connectivity index (χ1n) is 16.9. The van der Waals surface area contributed by atoms with E-state index in [-0.39, 0.29) is 12.2 Å². The summed E-state index contributed by atoms with van der Waals surface area (Å²) < 4.78 is 2.67. The lowest BCUT2D eigenvalue weighted by Gasteiger charge is -2.33. The second kappa shape index (κ2) is 11.5. The molecule has 3 heteroatoms. The van der Waals surface area contributed by atoms with E-state index in [1.165, 1.54) is 80.3 Å². The minimum absolute atomic E-state index is 0.0297. The Hall–Kier alpha value is -5.74. The molecule has 10 rings (SSSR count). The maximum absolute atomic E-state index is 3.92. The highest BCUT2D eigenvalue weighted by Crippen LogP contribution is 2.41. The maximum atomic E-state index is 3.92. The van der Waals surface area contributed by atoms with Crippen LogP contribution in [0.2, 0.25) is 0 Å². The minimum atomic E-state index is -0.0297. The van der Waals surface area contributed by atoms with Gasteiger partial charge in [-0.05, 0) is 84.4 Å². The number of rotatable bonds is 4. The van der Waals surface area contributed by atoms with Crippen molar-refractivity contribution in [1.29, 1.82) is 0 Å². The molecule has 2 nitrogen and oxygen atoms in total. The van der Waals surface area contributed by atoms with Gasteiger partial charge in [0.1, 0.15) is 6.17 Å². The molecule has 2 heterocycles. The van der Waals surface area contributed by atoms with Crippen molar-refractivity contribution in [2.75, 3.05) is 0 Å². The van der Waals surface area contributed by atoms with Gasteiger partial charge in [-0.15, -0.1) is 11.3 Å². The van der Waals surface area contributed by atoms with Gasteiger partial charge >= 0.3 is 0 Å². The summed E-state index contributed by atoms with van der Waals surface area (Å²) in [6.45, 7) is 0. The van der Waals surface area contributed by atoms with Crippen LogP contribution in [0.25, 0.3) is 69.3 Å². The summed E-state index contributed by atoms with van der Waals surface area (Å²) in [4.78, 5) is 0. The summed E-state index contributed by atoms with van der Waals surface area (Å²) in [6, 6.07) is 59.9. The fraction of sp³-hybridized carbons (Fsp3) is 0.0435. The molecule has 2 unspecified atom stereocenters. The number of hydrogen-bond acceptors (Lipinski definition) is 3. The molecular weight excluding hydrogens is 613 g/mol. The van der Waals surface area contributed by atoms with E-state index in [1.54, 1.807) is 0 Å². The van der Waals surface area contributed by atoms with Crippen molar-refractivity contribution in [3.8, 4) is 11.1 Å². The highest BCUT2D eigenvalue weighted by molar-refractivity contribution is 7.26. The summed E-state index contributed by atoms with van der Waals surface area (Å²) in [5, 5.41) is 18.1. The molecule has 0 radical (unpaired) electrons. The Balaban J connectivity index is 1.06. The van der Waals surface area contributed by atoms with E-state index in [9.17, 15) is 0 Å². The monoisotopic (exact) mass is 644 g/mol. The molecule has 0 amide bonds. The number of nitrogens with one attached hydrogen (secondary N) is 2. The van der Waals surface area contributed by atoms with Crippen LogP contribution in [0.3, 0.4) is 0 Å². The first-order chi connectivity index (χ1) is 24.3. The molecule has 232 valence electrons. The van der Waals surface area contributed by atoms with Crippen LogP contribution in [0.15, 0.2) is 170 Å². The fourth-order valence-electron chi connectivity index (χ4n) is 7.70. The molecule has 9 aromatic rings. The molecule has 0 bridgehead atoms. The van der Waals surface area contributed by atoms with E-state index in [2.05, 4.69) is 181 Å². The summed E-state index contributed by atoms with van der Waals surface area (Å²) in [7, 11) is 0. The molecule has 0 spiro atoms. The first kappa shape index (κ1) is 28.3. The highest BCUT2D eigenvalue weighted by atomic mass is 32.1. The molecule has 1 aliphatic rings. The molecule has 2 N–H and O–H groups in total. The molecule has 49 heavy (non-hydrogen) atoms. The summed E-state index contributed by atoms with van der Waals surface area (Å²) in [6.07, 6.45) is 2.33. The van der Waals surface area contributed by atoms with Crippen molar-refractivity contribution in [2.24, 2.45) is 0 Å². The van der Waals surface area contributed by atoms with E-state index in [1.807, 2.05) is 11.3 Å². The zero-order valence-electron chi connectivity index (χ0n) is 26.7. The normalized spacial score (nSPS) is 16.4. The van der Waals surface area contributed by atoms with Gasteiger partial charge in [-0.25, -0.2) is 0 Å². The van der Waals surface area contributed by atoms with Crippen LogP contribution in [0.5, 0.6) is 0 Å². The number of hydrogen-bond donors (Lipinski definition) is 2. The molecule has 0 aliphatic carbocycles. The quantitative estimate of drug-likeness (QED) is 0.147. The first-order valence-corrected chi connectivity index (χ1v) is 17.7. The van der Waals surface area contributed by atoms with Crippen LogP contribution >= 0.6 is 11.3 Å². The number of fused-ring (bicyclic) bond motifs is 7. The lowest BCUT2D eigenvalue weighted by molar-refractivity contribution is 0.444. The number of thiophene rings is 1. The largest absolute Gasteiger partial charge is 0.366 e. The second-order valence-corrected chi connectivity index (χ2v) is 14.1. The van der Waals surface area contributed by atoms with Crippen LogP contribution in [-0.4, -0.2) is 0 Å². The standard InChI is InChI=1S/C46H32N2S/c1-2-10-31(11-3-1)46-47-42(28-43(48-46)40-18-9-17-39-38-14-6-7-19-44(38)49-45(39)40)30-22-20-29(21-23-30)35-15-8-16-36-37(35)25-24-34-26-32-12-4-5-13-33(32)27-41(34)36/h1-28,43,46-48H. The molecule has 1 aliphatic heterocycles. The minimum Gasteiger partial charge on any atom is -0.366 e. The van der Waals surface area contributed by atoms with Gasteiger partial charge in [-0.1, -0.05) is 146 Å². The summed E-state index contributed by atoms with van der Waals surface area (Å²) >= 11 is 1.89. The van der Waals surface area contributed by atoms with E-state index < -0.39 is 0 Å². The van der Waals surface area contributed by atoms with Gasteiger partial charge in [0.05, 0.1) is 6.04 Å². The SMILES string of the molecule is C1=C(c2ccc(-c3cccc4c3ccc3cc5ccccc5cc34)cc2)NC(c2ccccc2)NC1c1cccc2c1sc1ccccc12. The molecule has 8 aromatic carbocycles. The third-order valence-electron chi connectivity index (χ3n) is 10.1. The van der Waals surface area contributed by atoms with Crippen LogP contribution < -0.4 is 10.6 Å². The Morgan fingerprint density at radius 2 is 1.18 bits per heavy atom.